The summed E-state index contributed by atoms with van der Waals surface area (Å²) in [6.07, 6.45) is 0. The molecule has 0 amide bonds. The lowest BCUT2D eigenvalue weighted by Gasteiger charge is -2.20. The maximum Gasteiger partial charge on any atom is 0.0702 e. The number of hydrogen-bond donors (Lipinski definition) is 0. The summed E-state index contributed by atoms with van der Waals surface area (Å²) in [5.74, 6) is 0. The minimum atomic E-state index is 1.11. The summed E-state index contributed by atoms with van der Waals surface area (Å²) in [7, 11) is 0. The van der Waals surface area contributed by atoms with Gasteiger partial charge in [0.05, 0.1) is 33.1 Å². The van der Waals surface area contributed by atoms with Gasteiger partial charge in [-0.15, -0.1) is 0 Å². The van der Waals surface area contributed by atoms with E-state index in [0.717, 1.165) is 39.1 Å². The normalized spacial score (nSPS) is 11.5. The van der Waals surface area contributed by atoms with Crippen LogP contribution in [0.2, 0.25) is 0 Å². The van der Waals surface area contributed by atoms with Crippen LogP contribution in [-0.2, 0) is 0 Å². The quantitative estimate of drug-likeness (QED) is 0.180. The molecule has 0 saturated carbocycles. The molecule has 3 heteroatoms. The summed E-state index contributed by atoms with van der Waals surface area (Å²) in [4.78, 5) is 0. The topological polar surface area (TPSA) is 14.8 Å². The average Bonchev–Trinajstić information content (AvgIpc) is 3.53. The van der Waals surface area contributed by atoms with Crippen molar-refractivity contribution >= 4 is 54.6 Å². The molecule has 0 radical (unpaired) electrons. The molecule has 2 heterocycles. The summed E-state index contributed by atoms with van der Waals surface area (Å²) in [5, 5.41) is 4.81. The molecule has 0 spiro atoms. The van der Waals surface area contributed by atoms with Crippen molar-refractivity contribution < 1.29 is 0 Å². The Labute approximate surface area is 295 Å². The Hall–Kier alpha value is -6.84. The van der Waals surface area contributed by atoms with Crippen LogP contribution in [-0.4, -0.2) is 13.7 Å². The van der Waals surface area contributed by atoms with Gasteiger partial charge in [-0.3, -0.25) is 0 Å². The van der Waals surface area contributed by atoms with Gasteiger partial charge in [-0.05, 0) is 83.9 Å². The molecule has 0 aliphatic heterocycles. The zero-order valence-electron chi connectivity index (χ0n) is 27.9. The third-order valence-electron chi connectivity index (χ3n) is 10.1. The molecule has 51 heavy (non-hydrogen) atoms. The minimum Gasteiger partial charge on any atom is -0.309 e. The predicted molar refractivity (Wildman–Crippen MR) is 215 cm³/mol. The van der Waals surface area contributed by atoms with Gasteiger partial charge in [-0.25, -0.2) is 0 Å². The Morgan fingerprint density at radius 1 is 0.216 bits per heavy atom. The van der Waals surface area contributed by atoms with Crippen LogP contribution in [0.15, 0.2) is 200 Å². The number of nitrogens with zero attached hydrogens (tertiary/aromatic N) is 3. The maximum absolute atomic E-state index is 2.45. The Morgan fingerprint density at radius 2 is 0.608 bits per heavy atom. The predicted octanol–water partition coefficient (Wildman–Crippen LogP) is 12.6. The molecule has 8 aromatic carbocycles. The Morgan fingerprint density at radius 3 is 1.20 bits per heavy atom. The zero-order chi connectivity index (χ0) is 33.7. The Balaban J connectivity index is 1.35. The van der Waals surface area contributed by atoms with E-state index in [2.05, 4.69) is 214 Å². The fourth-order valence-corrected chi connectivity index (χ4v) is 7.86. The third kappa shape index (κ3) is 4.74. The van der Waals surface area contributed by atoms with Crippen LogP contribution in [0.1, 0.15) is 0 Å². The summed E-state index contributed by atoms with van der Waals surface area (Å²) >= 11 is 0. The highest BCUT2D eigenvalue weighted by Crippen LogP contribution is 2.37. The number of rotatable bonds is 4. The van der Waals surface area contributed by atoms with Crippen LogP contribution in [0.3, 0.4) is 0 Å². The van der Waals surface area contributed by atoms with E-state index in [1.165, 1.54) is 43.7 Å². The highest BCUT2D eigenvalue weighted by molar-refractivity contribution is 6.11. The van der Waals surface area contributed by atoms with Gasteiger partial charge < -0.3 is 13.7 Å². The fourth-order valence-electron chi connectivity index (χ4n) is 7.86. The number of benzene rings is 8. The molecule has 0 N–H and O–H groups in total. The lowest BCUT2D eigenvalue weighted by Crippen LogP contribution is -2.05. The smallest absolute Gasteiger partial charge is 0.0702 e. The monoisotopic (exact) mass is 651 g/mol. The van der Waals surface area contributed by atoms with E-state index in [1.54, 1.807) is 0 Å². The summed E-state index contributed by atoms with van der Waals surface area (Å²) in [5.41, 5.74) is 12.6. The molecule has 0 saturated heterocycles. The van der Waals surface area contributed by atoms with E-state index in [0.29, 0.717) is 0 Å². The molecule has 0 fully saturated rings. The van der Waals surface area contributed by atoms with Crippen molar-refractivity contribution in [3.63, 3.8) is 0 Å². The fraction of sp³-hybridized carbons (Fsp3) is 0. The van der Waals surface area contributed by atoms with E-state index in [-0.39, 0.29) is 0 Å². The Kier molecular flexibility index (Phi) is 6.81. The van der Waals surface area contributed by atoms with E-state index >= 15 is 0 Å². The molecule has 0 bridgehead atoms. The van der Waals surface area contributed by atoms with Gasteiger partial charge in [0.1, 0.15) is 0 Å². The highest BCUT2D eigenvalue weighted by atomic mass is 15.0. The SMILES string of the molecule is c1ccc(-c2cccc(-n3c4ccccc4c4ccccc4n(-c4ccc5c(c4)c4ccccc4n5-c4ccccc4)c4ccccc43)c2)cc1. The van der Waals surface area contributed by atoms with E-state index in [1.807, 2.05) is 0 Å². The summed E-state index contributed by atoms with van der Waals surface area (Å²) in [6, 6.07) is 72.3. The van der Waals surface area contributed by atoms with E-state index in [4.69, 9.17) is 0 Å². The van der Waals surface area contributed by atoms with Crippen molar-refractivity contribution in [1.29, 1.82) is 0 Å². The molecule has 0 unspecified atom stereocenters. The first-order valence-corrected chi connectivity index (χ1v) is 17.5. The van der Waals surface area contributed by atoms with Crippen LogP contribution in [0.25, 0.3) is 82.8 Å². The van der Waals surface area contributed by atoms with Gasteiger partial charge in [0.15, 0.2) is 0 Å². The molecule has 3 nitrogen and oxygen atoms in total. The van der Waals surface area contributed by atoms with Gasteiger partial charge in [0.25, 0.3) is 0 Å². The van der Waals surface area contributed by atoms with Crippen LogP contribution < -0.4 is 0 Å². The molecule has 0 aliphatic carbocycles. The Bertz CT molecular complexity index is 2960. The van der Waals surface area contributed by atoms with E-state index in [9.17, 15) is 0 Å². The maximum atomic E-state index is 2.45. The second-order valence-corrected chi connectivity index (χ2v) is 13.0. The average molecular weight is 652 g/mol. The second kappa shape index (κ2) is 11.9. The van der Waals surface area contributed by atoms with Crippen molar-refractivity contribution in [2.75, 3.05) is 0 Å². The van der Waals surface area contributed by atoms with Crippen LogP contribution in [0, 0.1) is 0 Å². The van der Waals surface area contributed by atoms with Crippen LogP contribution in [0.5, 0.6) is 0 Å². The van der Waals surface area contributed by atoms with Crippen molar-refractivity contribution in [3.8, 4) is 28.2 Å². The molecular weight excluding hydrogens is 619 g/mol. The largest absolute Gasteiger partial charge is 0.309 e. The minimum absolute atomic E-state index is 1.11. The lowest BCUT2D eigenvalue weighted by atomic mass is 10.0. The van der Waals surface area contributed by atoms with E-state index < -0.39 is 0 Å². The van der Waals surface area contributed by atoms with Crippen LogP contribution >= 0.6 is 0 Å². The molecular formula is C48H33N3. The molecule has 2 aromatic heterocycles. The highest BCUT2D eigenvalue weighted by Gasteiger charge is 2.16. The van der Waals surface area contributed by atoms with Crippen LogP contribution in [0.4, 0.5) is 0 Å². The van der Waals surface area contributed by atoms with Gasteiger partial charge in [0.2, 0.25) is 0 Å². The molecule has 0 atom stereocenters. The lowest BCUT2D eigenvalue weighted by molar-refractivity contribution is 1.12. The van der Waals surface area contributed by atoms with Crippen molar-refractivity contribution in [3.05, 3.63) is 200 Å². The van der Waals surface area contributed by atoms with Crippen molar-refractivity contribution in [2.24, 2.45) is 0 Å². The van der Waals surface area contributed by atoms with Gasteiger partial charge >= 0.3 is 0 Å². The van der Waals surface area contributed by atoms with Crippen molar-refractivity contribution in [2.45, 2.75) is 0 Å². The standard InChI is InChI=1S/C48H33N3/c1-3-16-34(17-4-1)35-18-15-21-37(32-35)50-43-25-10-7-22-39(43)40-23-8-11-26-44(40)51(48-29-14-13-28-47(48)50)38-30-31-46-42(33-38)41-24-9-12-27-45(41)49(46)36-19-5-2-6-20-36/h1-33H. The van der Waals surface area contributed by atoms with Gasteiger partial charge in [-0.2, -0.15) is 0 Å². The third-order valence-corrected chi connectivity index (χ3v) is 10.1. The first kappa shape index (κ1) is 29.1. The number of aromatic nitrogens is 3. The second-order valence-electron chi connectivity index (χ2n) is 13.0. The van der Waals surface area contributed by atoms with Crippen molar-refractivity contribution in [1.82, 2.24) is 13.7 Å². The van der Waals surface area contributed by atoms with Gasteiger partial charge in [0, 0.05) is 38.6 Å². The molecule has 10 aromatic rings. The number of para-hydroxylation sites is 6. The molecule has 0 aliphatic rings. The molecule has 10 rings (SSSR count). The number of hydrogen-bond acceptors (Lipinski definition) is 0. The number of fused-ring (bicyclic) bond motifs is 7. The zero-order valence-corrected chi connectivity index (χ0v) is 27.9. The summed E-state index contributed by atoms with van der Waals surface area (Å²) < 4.78 is 7.25. The van der Waals surface area contributed by atoms with Gasteiger partial charge in [-0.1, -0.05) is 127 Å². The summed E-state index contributed by atoms with van der Waals surface area (Å²) in [6.45, 7) is 0. The first-order valence-electron chi connectivity index (χ1n) is 17.5. The molecule has 240 valence electrons. The first-order chi connectivity index (χ1) is 25.3.